The van der Waals surface area contributed by atoms with Gasteiger partial charge < -0.3 is 4.89 Å². The molecule has 0 fully saturated rings. The predicted molar refractivity (Wildman–Crippen MR) is 54.9 cm³/mol. The Labute approximate surface area is 85.7 Å². The van der Waals surface area contributed by atoms with Crippen LogP contribution in [0.15, 0.2) is 30.3 Å². The third-order valence-electron chi connectivity index (χ3n) is 1.63. The number of aryl methyl sites for hydroxylation is 1. The minimum atomic E-state index is -3.42. The molecule has 1 atom stereocenters. The van der Waals surface area contributed by atoms with Gasteiger partial charge >= 0.3 is 7.60 Å². The molecule has 0 saturated carbocycles. The summed E-state index contributed by atoms with van der Waals surface area (Å²) >= 11 is 2.53. The SMILES string of the molecule is O=P(O)(CCc1ccccc1)OBr. The van der Waals surface area contributed by atoms with E-state index in [0.717, 1.165) is 5.56 Å². The van der Waals surface area contributed by atoms with E-state index in [0.29, 0.717) is 6.42 Å². The zero-order chi connectivity index (χ0) is 9.73. The van der Waals surface area contributed by atoms with Crippen LogP contribution < -0.4 is 0 Å². The standard InChI is InChI=1S/C8H10BrO3P/c9-12-13(10,11)7-6-8-4-2-1-3-5-8/h1-5H,6-7H2,(H,10,11). The van der Waals surface area contributed by atoms with Crippen molar-refractivity contribution in [2.45, 2.75) is 6.42 Å². The summed E-state index contributed by atoms with van der Waals surface area (Å²) in [5.74, 6) is 0. The van der Waals surface area contributed by atoms with Gasteiger partial charge in [0.1, 0.15) is 16.3 Å². The fraction of sp³-hybridized carbons (Fsp3) is 0.250. The van der Waals surface area contributed by atoms with Gasteiger partial charge in [0, 0.05) is 0 Å². The molecule has 0 bridgehead atoms. The van der Waals surface area contributed by atoms with Crippen molar-refractivity contribution in [1.82, 2.24) is 0 Å². The van der Waals surface area contributed by atoms with E-state index in [4.69, 9.17) is 4.89 Å². The van der Waals surface area contributed by atoms with Gasteiger partial charge in [0.25, 0.3) is 0 Å². The van der Waals surface area contributed by atoms with E-state index >= 15 is 0 Å². The van der Waals surface area contributed by atoms with Crippen molar-refractivity contribution < 1.29 is 13.1 Å². The number of hydrogen-bond donors (Lipinski definition) is 1. The zero-order valence-corrected chi connectivity index (χ0v) is 9.37. The van der Waals surface area contributed by atoms with Crippen molar-refractivity contribution >= 4 is 23.9 Å². The maximum atomic E-state index is 11.0. The van der Waals surface area contributed by atoms with Crippen LogP contribution in [0.3, 0.4) is 0 Å². The van der Waals surface area contributed by atoms with Gasteiger partial charge in [-0.1, -0.05) is 30.3 Å². The lowest BCUT2D eigenvalue weighted by Gasteiger charge is -2.06. The van der Waals surface area contributed by atoms with Crippen LogP contribution in [0, 0.1) is 0 Å². The van der Waals surface area contributed by atoms with Gasteiger partial charge in [0.15, 0.2) is 0 Å². The molecule has 0 aliphatic carbocycles. The molecule has 3 nitrogen and oxygen atoms in total. The first kappa shape index (κ1) is 10.9. The second kappa shape index (κ2) is 4.91. The maximum absolute atomic E-state index is 11.0. The third-order valence-corrected chi connectivity index (χ3v) is 4.00. The maximum Gasteiger partial charge on any atom is 0.339 e. The third kappa shape index (κ3) is 4.05. The normalized spacial score (nSPS) is 15.2. The minimum absolute atomic E-state index is 0.127. The molecule has 0 heterocycles. The monoisotopic (exact) mass is 264 g/mol. The van der Waals surface area contributed by atoms with Crippen LogP contribution in [0.1, 0.15) is 5.56 Å². The van der Waals surface area contributed by atoms with Gasteiger partial charge in [-0.15, -0.1) is 0 Å². The molecule has 5 heteroatoms. The lowest BCUT2D eigenvalue weighted by atomic mass is 10.2. The Morgan fingerprint density at radius 3 is 2.54 bits per heavy atom. The molecule has 1 unspecified atom stereocenters. The Bertz CT molecular complexity index is 302. The van der Waals surface area contributed by atoms with Crippen LogP contribution in [0.25, 0.3) is 0 Å². The number of halogens is 1. The van der Waals surface area contributed by atoms with E-state index < -0.39 is 7.60 Å². The summed E-state index contributed by atoms with van der Waals surface area (Å²) in [6, 6.07) is 9.52. The van der Waals surface area contributed by atoms with Crippen molar-refractivity contribution in [3.05, 3.63) is 35.9 Å². The lowest BCUT2D eigenvalue weighted by molar-refractivity contribution is 0.407. The highest BCUT2D eigenvalue weighted by Gasteiger charge is 2.17. The molecule has 1 rings (SSSR count). The Balaban J connectivity index is 2.49. The fourth-order valence-corrected chi connectivity index (χ4v) is 1.99. The first-order valence-corrected chi connectivity index (χ1v) is 6.21. The highest BCUT2D eigenvalue weighted by molar-refractivity contribution is 9.06. The highest BCUT2D eigenvalue weighted by Crippen LogP contribution is 2.44. The molecule has 1 aromatic carbocycles. The number of benzene rings is 1. The molecular formula is C8H10BrO3P. The quantitative estimate of drug-likeness (QED) is 0.851. The van der Waals surface area contributed by atoms with Crippen LogP contribution >= 0.6 is 23.9 Å². The Hall–Kier alpha value is -0.150. The van der Waals surface area contributed by atoms with Gasteiger partial charge in [-0.25, -0.2) is 3.62 Å². The van der Waals surface area contributed by atoms with Crippen molar-refractivity contribution in [1.29, 1.82) is 0 Å². The molecule has 1 N–H and O–H groups in total. The summed E-state index contributed by atoms with van der Waals surface area (Å²) < 4.78 is 15.3. The van der Waals surface area contributed by atoms with E-state index in [-0.39, 0.29) is 6.16 Å². The Kier molecular flexibility index (Phi) is 4.13. The molecule has 0 aromatic heterocycles. The minimum Gasteiger partial charge on any atom is -0.324 e. The molecule has 72 valence electrons. The molecular weight excluding hydrogens is 255 g/mol. The van der Waals surface area contributed by atoms with Crippen LogP contribution in [-0.2, 0) is 14.6 Å². The second-order valence-electron chi connectivity index (χ2n) is 2.67. The van der Waals surface area contributed by atoms with E-state index in [9.17, 15) is 4.57 Å². The molecule has 0 amide bonds. The highest BCUT2D eigenvalue weighted by atomic mass is 79.9. The summed E-state index contributed by atoms with van der Waals surface area (Å²) in [4.78, 5) is 9.07. The number of hydrogen-bond acceptors (Lipinski definition) is 2. The first-order valence-electron chi connectivity index (χ1n) is 3.80. The summed E-state index contributed by atoms with van der Waals surface area (Å²) in [5, 5.41) is 0. The number of rotatable bonds is 4. The van der Waals surface area contributed by atoms with Crippen LogP contribution in [0.4, 0.5) is 0 Å². The van der Waals surface area contributed by atoms with Crippen LogP contribution in [-0.4, -0.2) is 11.1 Å². The van der Waals surface area contributed by atoms with Crippen LogP contribution in [0.5, 0.6) is 0 Å². The van der Waals surface area contributed by atoms with Crippen molar-refractivity contribution in [2.75, 3.05) is 6.16 Å². The molecule has 0 saturated heterocycles. The summed E-state index contributed by atoms with van der Waals surface area (Å²) in [6.07, 6.45) is 0.669. The molecule has 0 radical (unpaired) electrons. The molecule has 0 aliphatic heterocycles. The molecule has 0 aliphatic rings. The van der Waals surface area contributed by atoms with Gasteiger partial charge in [-0.3, -0.25) is 4.57 Å². The van der Waals surface area contributed by atoms with Gasteiger partial charge in [-0.2, -0.15) is 0 Å². The van der Waals surface area contributed by atoms with Crippen molar-refractivity contribution in [3.63, 3.8) is 0 Å². The van der Waals surface area contributed by atoms with Gasteiger partial charge in [0.2, 0.25) is 0 Å². The van der Waals surface area contributed by atoms with Gasteiger partial charge in [0.05, 0.1) is 6.16 Å². The molecule has 13 heavy (non-hydrogen) atoms. The first-order chi connectivity index (χ1) is 6.14. The fourth-order valence-electron chi connectivity index (χ4n) is 0.950. The summed E-state index contributed by atoms with van der Waals surface area (Å²) in [7, 11) is -3.42. The average molecular weight is 265 g/mol. The lowest BCUT2D eigenvalue weighted by Crippen LogP contribution is -1.93. The molecule has 1 aromatic rings. The van der Waals surface area contributed by atoms with E-state index in [2.05, 4.69) is 19.9 Å². The average Bonchev–Trinajstić information content (AvgIpc) is 2.17. The van der Waals surface area contributed by atoms with E-state index in [1.54, 1.807) is 0 Å². The van der Waals surface area contributed by atoms with Crippen molar-refractivity contribution in [2.24, 2.45) is 0 Å². The second-order valence-corrected chi connectivity index (χ2v) is 5.39. The van der Waals surface area contributed by atoms with Crippen molar-refractivity contribution in [3.8, 4) is 0 Å². The molecule has 0 spiro atoms. The Morgan fingerprint density at radius 1 is 1.38 bits per heavy atom. The van der Waals surface area contributed by atoms with Gasteiger partial charge in [-0.05, 0) is 12.0 Å². The van der Waals surface area contributed by atoms with E-state index in [1.807, 2.05) is 30.3 Å². The van der Waals surface area contributed by atoms with Crippen LogP contribution in [0.2, 0.25) is 0 Å². The Morgan fingerprint density at radius 2 is 2.00 bits per heavy atom. The predicted octanol–water partition coefficient (Wildman–Crippen LogP) is 2.74. The topological polar surface area (TPSA) is 46.5 Å². The summed E-state index contributed by atoms with van der Waals surface area (Å²) in [6.45, 7) is 0. The zero-order valence-electron chi connectivity index (χ0n) is 6.89. The smallest absolute Gasteiger partial charge is 0.324 e. The van der Waals surface area contributed by atoms with E-state index in [1.165, 1.54) is 0 Å². The largest absolute Gasteiger partial charge is 0.339 e. The summed E-state index contributed by atoms with van der Waals surface area (Å²) in [5.41, 5.74) is 1.03.